The summed E-state index contributed by atoms with van der Waals surface area (Å²) in [5.41, 5.74) is 0. The number of aromatic nitrogens is 5. The Hall–Kier alpha value is -3.08. The van der Waals surface area contributed by atoms with E-state index in [-0.39, 0.29) is 24.1 Å². The lowest BCUT2D eigenvalue weighted by molar-refractivity contribution is -0.113. The van der Waals surface area contributed by atoms with E-state index in [0.29, 0.717) is 28.6 Å². The van der Waals surface area contributed by atoms with Crippen LogP contribution in [0.2, 0.25) is 0 Å². The molecule has 0 radical (unpaired) electrons. The van der Waals surface area contributed by atoms with Gasteiger partial charge in [-0.15, -0.1) is 10.2 Å². The number of benzene rings is 1. The number of amides is 1. The number of hydrogen-bond acceptors (Lipinski definition) is 7. The Bertz CT molecular complexity index is 999. The monoisotopic (exact) mass is 431 g/mol. The molecule has 2 heterocycles. The van der Waals surface area contributed by atoms with Crippen LogP contribution in [0.1, 0.15) is 37.5 Å². The number of carbonyl (C=O) groups excluding carboxylic acids is 1. The second-order valence-corrected chi connectivity index (χ2v) is 7.89. The lowest BCUT2D eigenvalue weighted by Gasteiger charge is -2.14. The number of halogens is 1. The zero-order valence-corrected chi connectivity index (χ0v) is 17.0. The van der Waals surface area contributed by atoms with Gasteiger partial charge in [0.1, 0.15) is 24.0 Å². The van der Waals surface area contributed by atoms with Gasteiger partial charge in [0.25, 0.3) is 0 Å². The number of nitrogens with zero attached hydrogens (tertiary/aromatic N) is 5. The Labute approximate surface area is 176 Å². The summed E-state index contributed by atoms with van der Waals surface area (Å²) in [6.45, 7) is 0.0719. The van der Waals surface area contributed by atoms with Crippen molar-refractivity contribution in [3.63, 3.8) is 0 Å². The van der Waals surface area contributed by atoms with Gasteiger partial charge in [-0.1, -0.05) is 24.6 Å². The first-order valence-corrected chi connectivity index (χ1v) is 10.6. The van der Waals surface area contributed by atoms with Crippen molar-refractivity contribution in [2.75, 3.05) is 16.9 Å². The molecule has 3 aromatic rings. The number of nitrogen functional groups attached to an aromatic ring is 1. The van der Waals surface area contributed by atoms with E-state index >= 15 is 0 Å². The summed E-state index contributed by atoms with van der Waals surface area (Å²) in [5, 5.41) is 15.6. The topological polar surface area (TPSA) is 113 Å². The first-order valence-electron chi connectivity index (χ1n) is 9.64. The summed E-state index contributed by atoms with van der Waals surface area (Å²) >= 11 is 1.18. The molecule has 0 unspecified atom stereocenters. The van der Waals surface area contributed by atoms with Crippen molar-refractivity contribution < 1.29 is 13.9 Å². The minimum Gasteiger partial charge on any atom is -0.486 e. The maximum absolute atomic E-state index is 12.9. The lowest BCUT2D eigenvalue weighted by Crippen LogP contribution is -2.20. The molecule has 1 aliphatic rings. The predicted octanol–water partition coefficient (Wildman–Crippen LogP) is 2.75. The van der Waals surface area contributed by atoms with Gasteiger partial charge in [-0.25, -0.2) is 13.7 Å². The van der Waals surface area contributed by atoms with Crippen molar-refractivity contribution in [2.24, 2.45) is 0 Å². The molecule has 1 amide bonds. The van der Waals surface area contributed by atoms with Gasteiger partial charge in [0, 0.05) is 6.07 Å². The van der Waals surface area contributed by atoms with Crippen LogP contribution in [0.25, 0.3) is 0 Å². The van der Waals surface area contributed by atoms with Gasteiger partial charge in [-0.05, 0) is 37.1 Å². The van der Waals surface area contributed by atoms with Crippen molar-refractivity contribution in [3.8, 4) is 5.75 Å². The van der Waals surface area contributed by atoms with E-state index in [1.165, 1.54) is 53.5 Å². The predicted molar refractivity (Wildman–Crippen MR) is 110 cm³/mol. The molecule has 0 bridgehead atoms. The molecule has 0 aliphatic heterocycles. The number of nitrogens with one attached hydrogen (secondary N) is 1. The molecule has 0 atom stereocenters. The Morgan fingerprint density at radius 2 is 2.00 bits per heavy atom. The highest BCUT2D eigenvalue weighted by Gasteiger charge is 2.21. The van der Waals surface area contributed by atoms with Crippen LogP contribution < -0.4 is 15.9 Å². The van der Waals surface area contributed by atoms with E-state index in [4.69, 9.17) is 10.6 Å². The Kier molecular flexibility index (Phi) is 6.17. The average molecular weight is 431 g/mol. The third kappa shape index (κ3) is 4.73. The van der Waals surface area contributed by atoms with Crippen molar-refractivity contribution in [1.82, 2.24) is 24.7 Å². The van der Waals surface area contributed by atoms with Crippen molar-refractivity contribution in [2.45, 2.75) is 43.5 Å². The third-order valence-electron chi connectivity index (χ3n) is 4.86. The van der Waals surface area contributed by atoms with Crippen LogP contribution in [0.4, 0.5) is 10.2 Å². The van der Waals surface area contributed by atoms with E-state index in [1.54, 1.807) is 12.3 Å². The normalized spacial score (nSPS) is 14.2. The second kappa shape index (κ2) is 9.16. The summed E-state index contributed by atoms with van der Waals surface area (Å²) in [6.07, 6.45) is 6.24. The lowest BCUT2D eigenvalue weighted by atomic mass is 10.2. The summed E-state index contributed by atoms with van der Waals surface area (Å²) < 4.78 is 21.7. The fourth-order valence-corrected chi connectivity index (χ4v) is 4.02. The first kappa shape index (κ1) is 20.2. The van der Waals surface area contributed by atoms with Crippen LogP contribution in [0.3, 0.4) is 0 Å². The van der Waals surface area contributed by atoms with Gasteiger partial charge in [-0.3, -0.25) is 4.79 Å². The largest absolute Gasteiger partial charge is 0.486 e. The van der Waals surface area contributed by atoms with Crippen LogP contribution in [0.15, 0.2) is 41.7 Å². The number of thioether (sulfide) groups is 1. The third-order valence-corrected chi connectivity index (χ3v) is 5.80. The van der Waals surface area contributed by atoms with E-state index in [1.807, 2.05) is 4.68 Å². The van der Waals surface area contributed by atoms with Crippen LogP contribution in [0, 0.1) is 5.82 Å². The number of nitrogens with two attached hydrogens (primary N) is 1. The maximum Gasteiger partial charge on any atom is 0.235 e. The van der Waals surface area contributed by atoms with Gasteiger partial charge in [0.05, 0.1) is 18.0 Å². The zero-order chi connectivity index (χ0) is 20.9. The quantitative estimate of drug-likeness (QED) is 0.416. The molecule has 0 saturated heterocycles. The van der Waals surface area contributed by atoms with Crippen LogP contribution >= 0.6 is 11.8 Å². The molecule has 3 N–H and O–H groups in total. The van der Waals surface area contributed by atoms with E-state index in [9.17, 15) is 9.18 Å². The second-order valence-electron chi connectivity index (χ2n) is 6.95. The highest BCUT2D eigenvalue weighted by atomic mass is 32.2. The van der Waals surface area contributed by atoms with Gasteiger partial charge in [-0.2, -0.15) is 5.10 Å². The molecular formula is C19H22FN7O2S. The maximum atomic E-state index is 12.9. The van der Waals surface area contributed by atoms with Crippen molar-refractivity contribution >= 4 is 23.5 Å². The fourth-order valence-electron chi connectivity index (χ4n) is 3.34. The summed E-state index contributed by atoms with van der Waals surface area (Å²) in [7, 11) is 0. The molecular weight excluding hydrogens is 409 g/mol. The Balaban J connectivity index is 1.29. The molecule has 4 rings (SSSR count). The highest BCUT2D eigenvalue weighted by Crippen LogP contribution is 2.31. The molecule has 30 heavy (non-hydrogen) atoms. The first-order chi connectivity index (χ1) is 14.6. The molecule has 158 valence electrons. The van der Waals surface area contributed by atoms with Crippen LogP contribution in [-0.4, -0.2) is 36.3 Å². The highest BCUT2D eigenvalue weighted by molar-refractivity contribution is 7.99. The minimum absolute atomic E-state index is 0.0719. The molecule has 1 aliphatic carbocycles. The van der Waals surface area contributed by atoms with Crippen molar-refractivity contribution in [1.29, 1.82) is 0 Å². The molecule has 1 saturated carbocycles. The smallest absolute Gasteiger partial charge is 0.235 e. The minimum atomic E-state index is -0.340. The van der Waals surface area contributed by atoms with Gasteiger partial charge in [0.15, 0.2) is 5.82 Å². The van der Waals surface area contributed by atoms with E-state index in [2.05, 4.69) is 20.6 Å². The Morgan fingerprint density at radius 1 is 1.23 bits per heavy atom. The summed E-state index contributed by atoms with van der Waals surface area (Å²) in [5.74, 6) is 7.21. The zero-order valence-electron chi connectivity index (χ0n) is 16.2. The van der Waals surface area contributed by atoms with E-state index in [0.717, 1.165) is 12.8 Å². The summed E-state index contributed by atoms with van der Waals surface area (Å²) in [6, 6.07) is 7.80. The number of ether oxygens (including phenoxy) is 1. The molecule has 0 spiro atoms. The molecule has 11 heteroatoms. The fraction of sp³-hybridized carbons (Fsp3) is 0.368. The number of rotatable bonds is 8. The van der Waals surface area contributed by atoms with Gasteiger partial charge in [0.2, 0.25) is 11.1 Å². The molecule has 9 nitrogen and oxygen atoms in total. The SMILES string of the molecule is Nn1c(COc2ccc(F)cc2)nnc1SCC(=O)Nc1ccnn1C1CCCC1. The van der Waals surface area contributed by atoms with E-state index < -0.39 is 0 Å². The van der Waals surface area contributed by atoms with Gasteiger partial charge >= 0.3 is 0 Å². The number of carbonyl (C=O) groups is 1. The number of hydrogen-bond donors (Lipinski definition) is 2. The standard InChI is InChI=1S/C19H22FN7O2S/c20-13-5-7-15(8-6-13)29-11-17-24-25-19(26(17)21)30-12-18(28)23-16-9-10-22-27(16)14-3-1-2-4-14/h5-10,14H,1-4,11-12,21H2,(H,23,28). The number of anilines is 1. The molecule has 1 aromatic carbocycles. The molecule has 1 fully saturated rings. The van der Waals surface area contributed by atoms with Crippen LogP contribution in [-0.2, 0) is 11.4 Å². The molecule has 2 aromatic heterocycles. The van der Waals surface area contributed by atoms with Crippen molar-refractivity contribution in [3.05, 3.63) is 48.2 Å². The van der Waals surface area contributed by atoms with Crippen LogP contribution in [0.5, 0.6) is 5.75 Å². The summed E-state index contributed by atoms with van der Waals surface area (Å²) in [4.78, 5) is 12.4. The Morgan fingerprint density at radius 3 is 2.77 bits per heavy atom. The van der Waals surface area contributed by atoms with Gasteiger partial charge < -0.3 is 15.9 Å². The average Bonchev–Trinajstić information content (AvgIpc) is 3.48.